The van der Waals surface area contributed by atoms with Crippen molar-refractivity contribution in [2.75, 3.05) is 18.0 Å². The van der Waals surface area contributed by atoms with Gasteiger partial charge < -0.3 is 16.0 Å². The lowest BCUT2D eigenvalue weighted by Crippen LogP contribution is -2.47. The molecule has 2 aromatic rings. The molecule has 160 valence electrons. The molecule has 1 fully saturated rings. The molecule has 6 nitrogen and oxygen atoms in total. The number of amides is 1. The Balaban J connectivity index is 0.00000210. The summed E-state index contributed by atoms with van der Waals surface area (Å²) in [6, 6.07) is 11.7. The van der Waals surface area contributed by atoms with E-state index >= 15 is 0 Å². The summed E-state index contributed by atoms with van der Waals surface area (Å²) in [5.41, 5.74) is 8.33. The van der Waals surface area contributed by atoms with E-state index in [0.29, 0.717) is 0 Å². The van der Waals surface area contributed by atoms with E-state index in [2.05, 4.69) is 33.2 Å². The molecule has 0 bridgehead atoms. The summed E-state index contributed by atoms with van der Waals surface area (Å²) in [4.78, 5) is 23.6. The first-order valence-corrected chi connectivity index (χ1v) is 9.75. The van der Waals surface area contributed by atoms with Crippen LogP contribution >= 0.6 is 24.8 Å². The minimum absolute atomic E-state index is 0. The first-order chi connectivity index (χ1) is 13.1. The summed E-state index contributed by atoms with van der Waals surface area (Å²) < 4.78 is 0. The van der Waals surface area contributed by atoms with Gasteiger partial charge in [-0.1, -0.05) is 44.2 Å². The summed E-state index contributed by atoms with van der Waals surface area (Å²) in [7, 11) is 0. The van der Waals surface area contributed by atoms with Crippen LogP contribution in [0.3, 0.4) is 0 Å². The minimum Gasteiger partial charge on any atom is -0.356 e. The normalized spacial score (nSPS) is 16.2. The number of aromatic nitrogens is 2. The zero-order valence-corrected chi connectivity index (χ0v) is 18.6. The number of piperidine rings is 1. The molecule has 29 heavy (non-hydrogen) atoms. The van der Waals surface area contributed by atoms with Crippen LogP contribution < -0.4 is 16.0 Å². The lowest BCUT2D eigenvalue weighted by Gasteiger charge is -2.34. The number of hydrogen-bond acceptors (Lipinski definition) is 5. The van der Waals surface area contributed by atoms with Crippen LogP contribution in [0.15, 0.2) is 42.7 Å². The molecule has 2 heterocycles. The third-order valence-electron chi connectivity index (χ3n) is 5.37. The molecule has 3 N–H and O–H groups in total. The van der Waals surface area contributed by atoms with Crippen LogP contribution in [-0.4, -0.2) is 35.0 Å². The topological polar surface area (TPSA) is 84.1 Å². The number of hydrogen-bond donors (Lipinski definition) is 2. The summed E-state index contributed by atoms with van der Waals surface area (Å²) in [5, 5.41) is 3.19. The van der Waals surface area contributed by atoms with Gasteiger partial charge in [0.1, 0.15) is 12.1 Å². The number of nitrogens with zero attached hydrogens (tertiary/aromatic N) is 3. The van der Waals surface area contributed by atoms with Crippen molar-refractivity contribution in [3.8, 4) is 0 Å². The highest BCUT2D eigenvalue weighted by Gasteiger charge is 2.26. The van der Waals surface area contributed by atoms with Crippen molar-refractivity contribution in [2.24, 2.45) is 11.7 Å². The molecular weight excluding hydrogens is 409 g/mol. The van der Waals surface area contributed by atoms with Gasteiger partial charge in [-0.05, 0) is 24.8 Å². The van der Waals surface area contributed by atoms with Crippen molar-refractivity contribution in [3.63, 3.8) is 0 Å². The SMILES string of the molecule is CCc1cc(N2CCC(NC(=O)C(C)C(N)c3ccccc3)CC2)ncn1.Cl.Cl. The Morgan fingerprint density at radius 1 is 1.21 bits per heavy atom. The van der Waals surface area contributed by atoms with Crippen LogP contribution in [0.4, 0.5) is 5.82 Å². The zero-order valence-electron chi connectivity index (χ0n) is 17.0. The molecule has 8 heteroatoms. The summed E-state index contributed by atoms with van der Waals surface area (Å²) in [6.45, 7) is 5.75. The van der Waals surface area contributed by atoms with Gasteiger partial charge >= 0.3 is 0 Å². The summed E-state index contributed by atoms with van der Waals surface area (Å²) >= 11 is 0. The predicted octanol–water partition coefficient (Wildman–Crippen LogP) is 3.30. The number of nitrogens with two attached hydrogens (primary N) is 1. The molecule has 0 saturated carbocycles. The van der Waals surface area contributed by atoms with Gasteiger partial charge in [-0.2, -0.15) is 0 Å². The lowest BCUT2D eigenvalue weighted by atomic mass is 9.94. The van der Waals surface area contributed by atoms with Crippen LogP contribution in [-0.2, 0) is 11.2 Å². The minimum atomic E-state index is -0.292. The van der Waals surface area contributed by atoms with Gasteiger partial charge in [-0.25, -0.2) is 9.97 Å². The molecule has 2 unspecified atom stereocenters. The molecule has 1 saturated heterocycles. The van der Waals surface area contributed by atoms with Crippen LogP contribution in [0.25, 0.3) is 0 Å². The van der Waals surface area contributed by atoms with Gasteiger partial charge in [-0.15, -0.1) is 24.8 Å². The van der Waals surface area contributed by atoms with Crippen LogP contribution in [0.1, 0.15) is 44.0 Å². The first kappa shape index (κ1) is 25.1. The fraction of sp³-hybridized carbons (Fsp3) is 0.476. The van der Waals surface area contributed by atoms with Crippen LogP contribution in [0, 0.1) is 5.92 Å². The highest BCUT2D eigenvalue weighted by atomic mass is 35.5. The molecule has 1 amide bonds. The van der Waals surface area contributed by atoms with E-state index < -0.39 is 0 Å². The number of benzene rings is 1. The maximum atomic E-state index is 12.6. The summed E-state index contributed by atoms with van der Waals surface area (Å²) in [6.07, 6.45) is 4.35. The maximum absolute atomic E-state index is 12.6. The molecule has 0 radical (unpaired) electrons. The maximum Gasteiger partial charge on any atom is 0.224 e. The van der Waals surface area contributed by atoms with E-state index in [4.69, 9.17) is 5.73 Å². The van der Waals surface area contributed by atoms with E-state index in [-0.39, 0.29) is 48.7 Å². The van der Waals surface area contributed by atoms with Gasteiger partial charge in [0, 0.05) is 36.9 Å². The van der Waals surface area contributed by atoms with Crippen molar-refractivity contribution in [1.29, 1.82) is 0 Å². The molecule has 1 aromatic carbocycles. The fourth-order valence-corrected chi connectivity index (χ4v) is 3.46. The Bertz CT molecular complexity index is 754. The van der Waals surface area contributed by atoms with Gasteiger partial charge in [0.15, 0.2) is 0 Å². The largest absolute Gasteiger partial charge is 0.356 e. The molecule has 1 aromatic heterocycles. The quantitative estimate of drug-likeness (QED) is 0.720. The highest BCUT2D eigenvalue weighted by molar-refractivity contribution is 5.85. The Morgan fingerprint density at radius 2 is 1.86 bits per heavy atom. The van der Waals surface area contributed by atoms with Gasteiger partial charge in [-0.3, -0.25) is 4.79 Å². The highest BCUT2D eigenvalue weighted by Crippen LogP contribution is 2.21. The molecule has 1 aliphatic rings. The van der Waals surface area contributed by atoms with E-state index in [1.807, 2.05) is 37.3 Å². The van der Waals surface area contributed by atoms with Crippen molar-refractivity contribution >= 4 is 36.5 Å². The van der Waals surface area contributed by atoms with Crippen LogP contribution in [0.5, 0.6) is 0 Å². The van der Waals surface area contributed by atoms with E-state index in [1.54, 1.807) is 6.33 Å². The lowest BCUT2D eigenvalue weighted by molar-refractivity contribution is -0.126. The molecular formula is C21H31Cl2N5O. The second-order valence-electron chi connectivity index (χ2n) is 7.22. The second-order valence-corrected chi connectivity index (χ2v) is 7.22. The number of halogens is 2. The Kier molecular flexibility index (Phi) is 10.4. The molecule has 1 aliphatic heterocycles. The summed E-state index contributed by atoms with van der Waals surface area (Å²) in [5.74, 6) is 0.741. The average molecular weight is 440 g/mol. The van der Waals surface area contributed by atoms with Crippen molar-refractivity contribution in [1.82, 2.24) is 15.3 Å². The number of anilines is 1. The van der Waals surface area contributed by atoms with Crippen molar-refractivity contribution in [2.45, 2.75) is 45.2 Å². The number of carbonyl (C=O) groups excluding carboxylic acids is 1. The van der Waals surface area contributed by atoms with Crippen molar-refractivity contribution < 1.29 is 4.79 Å². The molecule has 0 spiro atoms. The average Bonchev–Trinajstić information content (AvgIpc) is 2.73. The van der Waals surface area contributed by atoms with E-state index in [1.165, 1.54) is 0 Å². The fourth-order valence-electron chi connectivity index (χ4n) is 3.46. The molecule has 2 atom stereocenters. The van der Waals surface area contributed by atoms with Crippen molar-refractivity contribution in [3.05, 3.63) is 54.0 Å². The number of carbonyl (C=O) groups is 1. The van der Waals surface area contributed by atoms with Gasteiger partial charge in [0.25, 0.3) is 0 Å². The number of aryl methyl sites for hydroxylation is 1. The number of rotatable bonds is 6. The Labute approximate surface area is 185 Å². The smallest absolute Gasteiger partial charge is 0.224 e. The van der Waals surface area contributed by atoms with Gasteiger partial charge in [0.2, 0.25) is 5.91 Å². The Morgan fingerprint density at radius 3 is 2.48 bits per heavy atom. The molecule has 3 rings (SSSR count). The molecule has 0 aliphatic carbocycles. The third-order valence-corrected chi connectivity index (χ3v) is 5.37. The first-order valence-electron chi connectivity index (χ1n) is 9.75. The van der Waals surface area contributed by atoms with E-state index in [9.17, 15) is 4.79 Å². The monoisotopic (exact) mass is 439 g/mol. The second kappa shape index (κ2) is 12.0. The predicted molar refractivity (Wildman–Crippen MR) is 122 cm³/mol. The van der Waals surface area contributed by atoms with Gasteiger partial charge in [0.05, 0.1) is 5.92 Å². The Hall–Kier alpha value is -1.89. The standard InChI is InChI=1S/C21H29N5O.2ClH/c1-3-17-13-19(24-14-23-17)26-11-9-18(10-12-26)25-21(27)15(2)20(22)16-7-5-4-6-8-16;;/h4-8,13-15,18,20H,3,9-12,22H2,1-2H3,(H,25,27);2*1H. The van der Waals surface area contributed by atoms with E-state index in [0.717, 1.165) is 49.4 Å². The third kappa shape index (κ3) is 6.56. The zero-order chi connectivity index (χ0) is 19.2. The van der Waals surface area contributed by atoms with Crippen LogP contribution in [0.2, 0.25) is 0 Å². The number of nitrogens with one attached hydrogen (secondary N) is 1.